The third-order valence-electron chi connectivity index (χ3n) is 5.15. The quantitative estimate of drug-likeness (QED) is 0.146. The molecule has 0 aromatic heterocycles. The monoisotopic (exact) mass is 350 g/mol. The minimum absolute atomic E-state index is 0.223. The van der Waals surface area contributed by atoms with Gasteiger partial charge in [-0.05, 0) is 19.3 Å². The maximum Gasteiger partial charge on any atom is 0.321 e. The molecule has 0 spiro atoms. The van der Waals surface area contributed by atoms with E-state index in [2.05, 4.69) is 18.6 Å². The number of esters is 2. The highest BCUT2D eigenvalue weighted by molar-refractivity contribution is 5.95. The Morgan fingerprint density at radius 2 is 1.40 bits per heavy atom. The Morgan fingerprint density at radius 1 is 0.880 bits per heavy atom. The largest absolute Gasteiger partial charge is 0.393 e. The molecule has 1 heterocycles. The van der Waals surface area contributed by atoms with Gasteiger partial charge in [-0.1, -0.05) is 96.1 Å². The van der Waals surface area contributed by atoms with E-state index < -0.39 is 0 Å². The summed E-state index contributed by atoms with van der Waals surface area (Å²) in [5.74, 6) is -1.09. The van der Waals surface area contributed by atoms with Crippen LogP contribution >= 0.6 is 0 Å². The maximum atomic E-state index is 11.5. The van der Waals surface area contributed by atoms with Gasteiger partial charge in [-0.2, -0.15) is 0 Å². The van der Waals surface area contributed by atoms with E-state index >= 15 is 0 Å². The van der Waals surface area contributed by atoms with Gasteiger partial charge in [-0.15, -0.1) is 0 Å². The molecule has 1 unspecified atom stereocenters. The normalized spacial score (nSPS) is 18.0. The average Bonchev–Trinajstić information content (AvgIpc) is 2.91. The first-order valence-electron chi connectivity index (χ1n) is 10.6. The van der Waals surface area contributed by atoms with Gasteiger partial charge >= 0.3 is 11.9 Å². The maximum absolute atomic E-state index is 11.5. The predicted molar refractivity (Wildman–Crippen MR) is 103 cm³/mol. The Kier molecular flexibility index (Phi) is 12.4. The zero-order valence-corrected chi connectivity index (χ0v) is 16.5. The molecule has 0 aromatic carbocycles. The van der Waals surface area contributed by atoms with Gasteiger partial charge in [0, 0.05) is 0 Å². The number of allylic oxidation sites excluding steroid dienone is 1. The zero-order chi connectivity index (χ0) is 18.3. The summed E-state index contributed by atoms with van der Waals surface area (Å²) in [6, 6.07) is 0. The van der Waals surface area contributed by atoms with Crippen LogP contribution in [0.15, 0.2) is 11.6 Å². The van der Waals surface area contributed by atoms with Gasteiger partial charge in [0.15, 0.2) is 0 Å². The minimum Gasteiger partial charge on any atom is -0.393 e. The summed E-state index contributed by atoms with van der Waals surface area (Å²) in [4.78, 5) is 22.7. The van der Waals surface area contributed by atoms with Crippen LogP contribution in [0.2, 0.25) is 0 Å². The number of rotatable bonds is 15. The topological polar surface area (TPSA) is 43.4 Å². The molecule has 0 amide bonds. The van der Waals surface area contributed by atoms with Crippen molar-refractivity contribution in [2.45, 2.75) is 110 Å². The van der Waals surface area contributed by atoms with E-state index in [-0.39, 0.29) is 24.3 Å². The number of ether oxygens (including phenoxy) is 1. The van der Waals surface area contributed by atoms with Crippen LogP contribution in [-0.4, -0.2) is 11.9 Å². The van der Waals surface area contributed by atoms with Gasteiger partial charge in [0.05, 0.1) is 12.3 Å². The van der Waals surface area contributed by atoms with Crippen molar-refractivity contribution in [2.75, 3.05) is 0 Å². The lowest BCUT2D eigenvalue weighted by atomic mass is 9.97. The summed E-state index contributed by atoms with van der Waals surface area (Å²) < 4.78 is 4.61. The van der Waals surface area contributed by atoms with Gasteiger partial charge < -0.3 is 4.74 Å². The number of carbonyl (C=O) groups excluding carboxylic acids is 2. The molecule has 0 aromatic rings. The van der Waals surface area contributed by atoms with Crippen molar-refractivity contribution in [3.63, 3.8) is 0 Å². The van der Waals surface area contributed by atoms with Gasteiger partial charge in [0.1, 0.15) is 0 Å². The Morgan fingerprint density at radius 3 is 1.84 bits per heavy atom. The minimum atomic E-state index is -0.382. The zero-order valence-electron chi connectivity index (χ0n) is 16.5. The fraction of sp³-hybridized carbons (Fsp3) is 0.818. The van der Waals surface area contributed by atoms with E-state index in [1.807, 2.05) is 6.08 Å². The van der Waals surface area contributed by atoms with Crippen molar-refractivity contribution < 1.29 is 14.3 Å². The molecule has 0 N–H and O–H groups in total. The predicted octanol–water partition coefficient (Wildman–Crippen LogP) is 6.50. The van der Waals surface area contributed by atoms with E-state index in [0.29, 0.717) is 0 Å². The molecule has 1 saturated heterocycles. The van der Waals surface area contributed by atoms with Gasteiger partial charge in [0.25, 0.3) is 0 Å². The summed E-state index contributed by atoms with van der Waals surface area (Å²) in [7, 11) is 0. The summed E-state index contributed by atoms with van der Waals surface area (Å²) in [6.07, 6.45) is 20.5. The molecular formula is C22H38O3. The fourth-order valence-electron chi connectivity index (χ4n) is 3.47. The van der Waals surface area contributed by atoms with E-state index in [4.69, 9.17) is 0 Å². The van der Waals surface area contributed by atoms with Crippen LogP contribution in [-0.2, 0) is 14.3 Å². The molecular weight excluding hydrogens is 312 g/mol. The number of hydrogen-bond acceptors (Lipinski definition) is 3. The van der Waals surface area contributed by atoms with Crippen molar-refractivity contribution in [1.29, 1.82) is 0 Å². The SMILES string of the molecule is CCCCCCCCCCCCCCC(=CC1CC(=O)OC1=O)CC. The van der Waals surface area contributed by atoms with Crippen LogP contribution < -0.4 is 0 Å². The summed E-state index contributed by atoms with van der Waals surface area (Å²) >= 11 is 0. The van der Waals surface area contributed by atoms with Crippen molar-refractivity contribution in [3.05, 3.63) is 11.6 Å². The first-order valence-corrected chi connectivity index (χ1v) is 10.6. The number of unbranched alkanes of at least 4 members (excludes halogenated alkanes) is 11. The molecule has 1 atom stereocenters. The fourth-order valence-corrected chi connectivity index (χ4v) is 3.47. The lowest BCUT2D eigenvalue weighted by molar-refractivity contribution is -0.152. The molecule has 3 heteroatoms. The third kappa shape index (κ3) is 10.5. The van der Waals surface area contributed by atoms with E-state index in [0.717, 1.165) is 12.8 Å². The van der Waals surface area contributed by atoms with E-state index in [1.54, 1.807) is 0 Å². The number of carbonyl (C=O) groups is 2. The molecule has 1 fully saturated rings. The van der Waals surface area contributed by atoms with Gasteiger partial charge in [-0.3, -0.25) is 9.59 Å². The summed E-state index contributed by atoms with van der Waals surface area (Å²) in [5.41, 5.74) is 1.30. The molecule has 0 aliphatic carbocycles. The molecule has 0 bridgehead atoms. The van der Waals surface area contributed by atoms with Crippen molar-refractivity contribution in [3.8, 4) is 0 Å². The van der Waals surface area contributed by atoms with E-state index in [9.17, 15) is 9.59 Å². The molecule has 0 saturated carbocycles. The first kappa shape index (κ1) is 21.9. The average molecular weight is 351 g/mol. The van der Waals surface area contributed by atoms with Gasteiger partial charge in [-0.25, -0.2) is 0 Å². The highest BCUT2D eigenvalue weighted by Crippen LogP contribution is 2.23. The molecule has 144 valence electrons. The second kappa shape index (κ2) is 14.1. The lowest BCUT2D eigenvalue weighted by Crippen LogP contribution is -2.05. The van der Waals surface area contributed by atoms with Crippen molar-refractivity contribution in [2.24, 2.45) is 5.92 Å². The first-order chi connectivity index (χ1) is 12.2. The second-order valence-electron chi connectivity index (χ2n) is 7.42. The Balaban J connectivity index is 1.99. The Bertz CT molecular complexity index is 411. The smallest absolute Gasteiger partial charge is 0.321 e. The molecule has 1 aliphatic heterocycles. The number of cyclic esters (lactones) is 2. The molecule has 3 nitrogen and oxygen atoms in total. The Labute approximate surface area is 154 Å². The third-order valence-corrected chi connectivity index (χ3v) is 5.15. The van der Waals surface area contributed by atoms with Crippen molar-refractivity contribution in [1.82, 2.24) is 0 Å². The number of hydrogen-bond donors (Lipinski definition) is 0. The van der Waals surface area contributed by atoms with Crippen LogP contribution in [0.3, 0.4) is 0 Å². The van der Waals surface area contributed by atoms with Crippen LogP contribution in [0.4, 0.5) is 0 Å². The highest BCUT2D eigenvalue weighted by Gasteiger charge is 2.31. The Hall–Kier alpha value is -1.12. The van der Waals surface area contributed by atoms with Crippen LogP contribution in [0.5, 0.6) is 0 Å². The summed E-state index contributed by atoms with van der Waals surface area (Å²) in [6.45, 7) is 4.39. The highest BCUT2D eigenvalue weighted by atomic mass is 16.6. The van der Waals surface area contributed by atoms with Crippen LogP contribution in [0.1, 0.15) is 110 Å². The molecule has 25 heavy (non-hydrogen) atoms. The lowest BCUT2D eigenvalue weighted by Gasteiger charge is -2.07. The van der Waals surface area contributed by atoms with Crippen LogP contribution in [0, 0.1) is 5.92 Å². The molecule has 0 radical (unpaired) electrons. The van der Waals surface area contributed by atoms with Crippen molar-refractivity contribution >= 4 is 11.9 Å². The molecule has 1 rings (SSSR count). The van der Waals surface area contributed by atoms with Gasteiger partial charge in [0.2, 0.25) is 0 Å². The van der Waals surface area contributed by atoms with Crippen LogP contribution in [0.25, 0.3) is 0 Å². The summed E-state index contributed by atoms with van der Waals surface area (Å²) in [5, 5.41) is 0. The standard InChI is InChI=1S/C22H38O3/c1-3-5-6-7-8-9-10-11-12-13-14-15-16-19(4-2)17-20-18-21(23)25-22(20)24/h17,20H,3-16,18H2,1-2H3. The second-order valence-corrected chi connectivity index (χ2v) is 7.42. The molecule has 1 aliphatic rings. The van der Waals surface area contributed by atoms with E-state index in [1.165, 1.54) is 82.6 Å².